The number of amides is 1. The van der Waals surface area contributed by atoms with Gasteiger partial charge >= 0.3 is 6.09 Å². The number of benzene rings is 1. The molecular formula is C14H20FNO3. The Morgan fingerprint density at radius 2 is 2.00 bits per heavy atom. The first-order valence-electron chi connectivity index (χ1n) is 6.06. The van der Waals surface area contributed by atoms with Gasteiger partial charge in [-0.3, -0.25) is 0 Å². The minimum absolute atomic E-state index is 0.174. The number of methoxy groups -OCH3 is 1. The van der Waals surface area contributed by atoms with Gasteiger partial charge in [0.2, 0.25) is 0 Å². The molecule has 106 valence electrons. The molecule has 1 aromatic rings. The smallest absolute Gasteiger partial charge is 0.408 e. The molecule has 1 N–H and O–H groups in total. The highest BCUT2D eigenvalue weighted by atomic mass is 19.1. The van der Waals surface area contributed by atoms with Crippen molar-refractivity contribution in [1.29, 1.82) is 0 Å². The summed E-state index contributed by atoms with van der Waals surface area (Å²) in [5.74, 6) is -0.286. The van der Waals surface area contributed by atoms with Crippen molar-refractivity contribution in [2.45, 2.75) is 39.3 Å². The molecule has 19 heavy (non-hydrogen) atoms. The van der Waals surface area contributed by atoms with E-state index >= 15 is 0 Å². The van der Waals surface area contributed by atoms with Gasteiger partial charge in [-0.05, 0) is 45.4 Å². The number of carbonyl (C=O) groups is 1. The normalized spacial score (nSPS) is 12.7. The molecule has 0 spiro atoms. The molecule has 0 aromatic heterocycles. The van der Waals surface area contributed by atoms with Crippen LogP contribution in [0.4, 0.5) is 9.18 Å². The maximum atomic E-state index is 13.6. The van der Waals surface area contributed by atoms with Gasteiger partial charge in [-0.1, -0.05) is 6.07 Å². The van der Waals surface area contributed by atoms with Gasteiger partial charge in [0.25, 0.3) is 0 Å². The molecule has 1 rings (SSSR count). The molecule has 0 radical (unpaired) electrons. The van der Waals surface area contributed by atoms with E-state index in [1.807, 2.05) is 0 Å². The summed E-state index contributed by atoms with van der Waals surface area (Å²) in [5, 5.41) is 2.65. The molecule has 1 amide bonds. The maximum absolute atomic E-state index is 13.6. The number of halogens is 1. The molecule has 0 saturated heterocycles. The Bertz CT molecular complexity index is 454. The lowest BCUT2D eigenvalue weighted by Gasteiger charge is -2.22. The monoisotopic (exact) mass is 269 g/mol. The molecule has 0 saturated carbocycles. The van der Waals surface area contributed by atoms with E-state index in [1.165, 1.54) is 19.2 Å². The lowest BCUT2D eigenvalue weighted by molar-refractivity contribution is 0.0508. The summed E-state index contributed by atoms with van der Waals surface area (Å²) in [6.45, 7) is 7.10. The highest BCUT2D eigenvalue weighted by molar-refractivity contribution is 5.68. The topological polar surface area (TPSA) is 47.6 Å². The fourth-order valence-electron chi connectivity index (χ4n) is 1.52. The van der Waals surface area contributed by atoms with Crippen LogP contribution in [0.1, 0.15) is 39.3 Å². The van der Waals surface area contributed by atoms with Gasteiger partial charge in [-0.25, -0.2) is 9.18 Å². The first-order valence-corrected chi connectivity index (χ1v) is 6.06. The summed E-state index contributed by atoms with van der Waals surface area (Å²) >= 11 is 0. The quantitative estimate of drug-likeness (QED) is 0.914. The molecule has 0 bridgehead atoms. The van der Waals surface area contributed by atoms with E-state index in [0.717, 1.165) is 0 Å². The number of alkyl carbamates (subject to hydrolysis) is 1. The van der Waals surface area contributed by atoms with E-state index in [-0.39, 0.29) is 11.8 Å². The Hall–Kier alpha value is -1.78. The van der Waals surface area contributed by atoms with Crippen molar-refractivity contribution >= 4 is 6.09 Å². The van der Waals surface area contributed by atoms with Gasteiger partial charge in [-0.2, -0.15) is 0 Å². The average Bonchev–Trinajstić information content (AvgIpc) is 2.26. The van der Waals surface area contributed by atoms with Crippen LogP contribution < -0.4 is 10.1 Å². The molecule has 5 heteroatoms. The van der Waals surface area contributed by atoms with Crippen molar-refractivity contribution < 1.29 is 18.7 Å². The zero-order valence-corrected chi connectivity index (χ0v) is 11.9. The second-order valence-corrected chi connectivity index (χ2v) is 5.26. The number of rotatable bonds is 3. The Kier molecular flexibility index (Phi) is 4.75. The van der Waals surface area contributed by atoms with E-state index < -0.39 is 17.5 Å². The van der Waals surface area contributed by atoms with Crippen LogP contribution in [-0.4, -0.2) is 18.8 Å². The van der Waals surface area contributed by atoms with E-state index in [2.05, 4.69) is 5.32 Å². The number of hydrogen-bond acceptors (Lipinski definition) is 3. The molecule has 0 fully saturated rings. The van der Waals surface area contributed by atoms with Crippen molar-refractivity contribution in [3.63, 3.8) is 0 Å². The first-order chi connectivity index (χ1) is 8.73. The van der Waals surface area contributed by atoms with Crippen LogP contribution in [-0.2, 0) is 4.74 Å². The molecule has 0 aliphatic rings. The predicted molar refractivity (Wildman–Crippen MR) is 70.7 cm³/mol. The van der Waals surface area contributed by atoms with E-state index in [9.17, 15) is 9.18 Å². The van der Waals surface area contributed by atoms with Gasteiger partial charge < -0.3 is 14.8 Å². The molecule has 0 aliphatic carbocycles. The van der Waals surface area contributed by atoms with Crippen LogP contribution >= 0.6 is 0 Å². The highest BCUT2D eigenvalue weighted by Crippen LogP contribution is 2.22. The lowest BCUT2D eigenvalue weighted by atomic mass is 10.1. The third-order valence-electron chi connectivity index (χ3n) is 2.41. The third kappa shape index (κ3) is 4.77. The van der Waals surface area contributed by atoms with Gasteiger partial charge in [0, 0.05) is 0 Å². The van der Waals surface area contributed by atoms with Crippen LogP contribution in [0.5, 0.6) is 5.75 Å². The molecular weight excluding hydrogens is 249 g/mol. The predicted octanol–water partition coefficient (Wildman–Crippen LogP) is 3.42. The van der Waals surface area contributed by atoms with Gasteiger partial charge in [0.05, 0.1) is 13.2 Å². The van der Waals surface area contributed by atoms with Crippen molar-refractivity contribution in [2.75, 3.05) is 7.11 Å². The molecule has 1 unspecified atom stereocenters. The Labute approximate surface area is 112 Å². The summed E-state index contributed by atoms with van der Waals surface area (Å²) in [5.41, 5.74) is 0.0822. The van der Waals surface area contributed by atoms with Crippen molar-refractivity contribution in [3.8, 4) is 5.75 Å². The second-order valence-electron chi connectivity index (χ2n) is 5.26. The van der Waals surface area contributed by atoms with Gasteiger partial charge in [0.15, 0.2) is 11.6 Å². The number of ether oxygens (including phenoxy) is 2. The second kappa shape index (κ2) is 5.91. The lowest BCUT2D eigenvalue weighted by Crippen LogP contribution is -2.34. The Morgan fingerprint density at radius 1 is 1.37 bits per heavy atom. The summed E-state index contributed by atoms with van der Waals surface area (Å²) < 4.78 is 23.5. The Balaban J connectivity index is 2.70. The van der Waals surface area contributed by atoms with Crippen molar-refractivity contribution in [1.82, 2.24) is 5.32 Å². The molecule has 4 nitrogen and oxygen atoms in total. The van der Waals surface area contributed by atoms with Crippen LogP contribution in [0.25, 0.3) is 0 Å². The standard InChI is InChI=1S/C14H20FNO3/c1-9(16-13(17)19-14(2,3)4)10-6-7-12(18-5)11(15)8-10/h6-9H,1-5H3,(H,16,17). The van der Waals surface area contributed by atoms with Crippen molar-refractivity contribution in [3.05, 3.63) is 29.6 Å². The van der Waals surface area contributed by atoms with Crippen LogP contribution in [0.2, 0.25) is 0 Å². The largest absolute Gasteiger partial charge is 0.494 e. The molecule has 1 aromatic carbocycles. The minimum atomic E-state index is -0.561. The average molecular weight is 269 g/mol. The van der Waals surface area contributed by atoms with Gasteiger partial charge in [-0.15, -0.1) is 0 Å². The van der Waals surface area contributed by atoms with Crippen LogP contribution in [0.3, 0.4) is 0 Å². The van der Waals surface area contributed by atoms with Crippen LogP contribution in [0, 0.1) is 5.82 Å². The Morgan fingerprint density at radius 3 is 2.47 bits per heavy atom. The SMILES string of the molecule is COc1ccc(C(C)NC(=O)OC(C)(C)C)cc1F. The zero-order valence-electron chi connectivity index (χ0n) is 11.9. The highest BCUT2D eigenvalue weighted by Gasteiger charge is 2.18. The van der Waals surface area contributed by atoms with Gasteiger partial charge in [0.1, 0.15) is 5.60 Å². The summed E-state index contributed by atoms with van der Waals surface area (Å²) in [4.78, 5) is 11.6. The molecule has 0 heterocycles. The number of nitrogens with one attached hydrogen (secondary N) is 1. The van der Waals surface area contributed by atoms with E-state index in [0.29, 0.717) is 5.56 Å². The zero-order chi connectivity index (χ0) is 14.6. The fraction of sp³-hybridized carbons (Fsp3) is 0.500. The number of carbonyl (C=O) groups excluding carboxylic acids is 1. The number of hydrogen-bond donors (Lipinski definition) is 1. The third-order valence-corrected chi connectivity index (χ3v) is 2.41. The summed E-state index contributed by atoms with van der Waals surface area (Å²) in [6, 6.07) is 4.21. The summed E-state index contributed by atoms with van der Waals surface area (Å²) in [7, 11) is 1.40. The first kappa shape index (κ1) is 15.3. The maximum Gasteiger partial charge on any atom is 0.408 e. The van der Waals surface area contributed by atoms with Crippen LogP contribution in [0.15, 0.2) is 18.2 Å². The van der Waals surface area contributed by atoms with E-state index in [1.54, 1.807) is 33.8 Å². The molecule has 1 atom stereocenters. The minimum Gasteiger partial charge on any atom is -0.494 e. The summed E-state index contributed by atoms with van der Waals surface area (Å²) in [6.07, 6.45) is -0.531. The fourth-order valence-corrected chi connectivity index (χ4v) is 1.52. The molecule has 0 aliphatic heterocycles. The van der Waals surface area contributed by atoms with E-state index in [4.69, 9.17) is 9.47 Å². The van der Waals surface area contributed by atoms with Crippen molar-refractivity contribution in [2.24, 2.45) is 0 Å².